The second kappa shape index (κ2) is 8.86. The maximum absolute atomic E-state index is 12.9. The molecule has 0 aromatic carbocycles. The van der Waals surface area contributed by atoms with Crippen LogP contribution in [0.4, 0.5) is 5.95 Å². The summed E-state index contributed by atoms with van der Waals surface area (Å²) < 4.78 is 0. The van der Waals surface area contributed by atoms with E-state index in [1.54, 1.807) is 6.07 Å². The summed E-state index contributed by atoms with van der Waals surface area (Å²) in [6.07, 6.45) is 4.01. The Morgan fingerprint density at radius 2 is 1.79 bits per heavy atom. The number of carbonyl (C=O) groups excluding carboxylic acids is 1. The number of likely N-dealkylation sites (tertiary alicyclic amines) is 2. The predicted octanol–water partition coefficient (Wildman–Crippen LogP) is 1.66. The van der Waals surface area contributed by atoms with Crippen LogP contribution in [0.15, 0.2) is 6.07 Å². The Kier molecular flexibility index (Phi) is 6.49. The van der Waals surface area contributed by atoms with Gasteiger partial charge < -0.3 is 20.6 Å². The van der Waals surface area contributed by atoms with Crippen LogP contribution in [0.3, 0.4) is 0 Å². The van der Waals surface area contributed by atoms with Gasteiger partial charge in [0.1, 0.15) is 5.69 Å². The van der Waals surface area contributed by atoms with Crippen molar-refractivity contribution in [3.8, 4) is 0 Å². The van der Waals surface area contributed by atoms with Gasteiger partial charge in [0.15, 0.2) is 0 Å². The predicted molar refractivity (Wildman–Crippen MR) is 106 cm³/mol. The lowest BCUT2D eigenvalue weighted by molar-refractivity contribution is -0.143. The van der Waals surface area contributed by atoms with Crippen LogP contribution in [0, 0.1) is 11.8 Å². The molecule has 8 heteroatoms. The van der Waals surface area contributed by atoms with Crippen molar-refractivity contribution in [2.24, 2.45) is 11.8 Å². The van der Waals surface area contributed by atoms with E-state index in [2.05, 4.69) is 28.7 Å². The third-order valence-electron chi connectivity index (χ3n) is 5.78. The molecule has 3 heterocycles. The SMILES string of the molecule is CC(C)Cc1cc(C(=O)N2CCC(N3CCC(C(=O)O)CC3)CC2)nc(N)n1. The molecule has 2 fully saturated rings. The van der Waals surface area contributed by atoms with Gasteiger partial charge in [-0.1, -0.05) is 13.8 Å². The number of nitrogen functional groups attached to an aromatic ring is 1. The number of hydrogen-bond donors (Lipinski definition) is 2. The number of aliphatic carboxylic acids is 1. The number of rotatable bonds is 5. The van der Waals surface area contributed by atoms with E-state index < -0.39 is 5.97 Å². The first kappa shape index (κ1) is 20.5. The minimum Gasteiger partial charge on any atom is -0.481 e. The van der Waals surface area contributed by atoms with E-state index in [1.165, 1.54) is 0 Å². The third kappa shape index (κ3) is 4.98. The van der Waals surface area contributed by atoms with Gasteiger partial charge in [-0.25, -0.2) is 9.97 Å². The van der Waals surface area contributed by atoms with Crippen LogP contribution in [0.5, 0.6) is 0 Å². The molecule has 0 radical (unpaired) electrons. The lowest BCUT2D eigenvalue weighted by Crippen LogP contribution is -2.49. The molecule has 0 saturated carbocycles. The Morgan fingerprint density at radius 1 is 1.14 bits per heavy atom. The number of carbonyl (C=O) groups is 2. The van der Waals surface area contributed by atoms with Gasteiger partial charge in [0.2, 0.25) is 5.95 Å². The van der Waals surface area contributed by atoms with Gasteiger partial charge in [0.25, 0.3) is 5.91 Å². The van der Waals surface area contributed by atoms with Gasteiger partial charge >= 0.3 is 5.97 Å². The van der Waals surface area contributed by atoms with Crippen molar-refractivity contribution < 1.29 is 14.7 Å². The van der Waals surface area contributed by atoms with E-state index >= 15 is 0 Å². The fourth-order valence-electron chi connectivity index (χ4n) is 4.26. The summed E-state index contributed by atoms with van der Waals surface area (Å²) in [7, 11) is 0. The van der Waals surface area contributed by atoms with Crippen LogP contribution in [0.2, 0.25) is 0 Å². The largest absolute Gasteiger partial charge is 0.481 e. The first-order valence-electron chi connectivity index (χ1n) is 10.2. The number of nitrogens with two attached hydrogens (primary N) is 1. The first-order chi connectivity index (χ1) is 13.3. The van der Waals surface area contributed by atoms with Crippen LogP contribution in [0.1, 0.15) is 55.7 Å². The molecule has 2 saturated heterocycles. The molecule has 0 atom stereocenters. The topological polar surface area (TPSA) is 113 Å². The molecule has 0 spiro atoms. The smallest absolute Gasteiger partial charge is 0.306 e. The zero-order chi connectivity index (χ0) is 20.3. The molecular weight excluding hydrogens is 358 g/mol. The molecule has 8 nitrogen and oxygen atoms in total. The highest BCUT2D eigenvalue weighted by molar-refractivity contribution is 5.92. The molecule has 3 rings (SSSR count). The van der Waals surface area contributed by atoms with E-state index in [4.69, 9.17) is 10.8 Å². The van der Waals surface area contributed by atoms with Crippen molar-refractivity contribution in [2.75, 3.05) is 31.9 Å². The Morgan fingerprint density at radius 3 is 2.36 bits per heavy atom. The second-order valence-corrected chi connectivity index (χ2v) is 8.37. The van der Waals surface area contributed by atoms with Crippen molar-refractivity contribution in [2.45, 2.75) is 52.0 Å². The van der Waals surface area contributed by atoms with Crippen molar-refractivity contribution in [1.29, 1.82) is 0 Å². The number of aromatic nitrogens is 2. The first-order valence-corrected chi connectivity index (χ1v) is 10.2. The zero-order valence-corrected chi connectivity index (χ0v) is 16.8. The lowest BCUT2D eigenvalue weighted by atomic mass is 9.93. The Bertz CT molecular complexity index is 708. The van der Waals surface area contributed by atoms with Crippen molar-refractivity contribution in [3.63, 3.8) is 0 Å². The molecule has 1 amide bonds. The molecule has 0 bridgehead atoms. The molecule has 3 N–H and O–H groups in total. The van der Waals surface area contributed by atoms with Crippen LogP contribution in [-0.2, 0) is 11.2 Å². The molecular formula is C20H31N5O3. The molecule has 28 heavy (non-hydrogen) atoms. The Hall–Kier alpha value is -2.22. The Balaban J connectivity index is 1.56. The van der Waals surface area contributed by atoms with E-state index in [1.807, 2.05) is 4.90 Å². The number of nitrogens with zero attached hydrogens (tertiary/aromatic N) is 4. The van der Waals surface area contributed by atoms with Gasteiger partial charge in [0.05, 0.1) is 5.92 Å². The summed E-state index contributed by atoms with van der Waals surface area (Å²) in [6.45, 7) is 7.23. The highest BCUT2D eigenvalue weighted by atomic mass is 16.4. The van der Waals surface area contributed by atoms with Crippen molar-refractivity contribution in [1.82, 2.24) is 19.8 Å². The summed E-state index contributed by atoms with van der Waals surface area (Å²) in [5.74, 6) is -0.389. The van der Waals surface area contributed by atoms with Gasteiger partial charge in [-0.3, -0.25) is 9.59 Å². The number of anilines is 1. The highest BCUT2D eigenvalue weighted by Gasteiger charge is 2.32. The van der Waals surface area contributed by atoms with Crippen molar-refractivity contribution in [3.05, 3.63) is 17.5 Å². The fraction of sp³-hybridized carbons (Fsp3) is 0.700. The molecule has 1 aromatic rings. The van der Waals surface area contributed by atoms with Gasteiger partial charge in [-0.2, -0.15) is 0 Å². The summed E-state index contributed by atoms with van der Waals surface area (Å²) in [5.41, 5.74) is 7.00. The van der Waals surface area contributed by atoms with E-state index in [0.717, 1.165) is 38.0 Å². The van der Waals surface area contributed by atoms with E-state index in [9.17, 15) is 9.59 Å². The van der Waals surface area contributed by atoms with Gasteiger partial charge in [-0.05, 0) is 57.2 Å². The fourth-order valence-corrected chi connectivity index (χ4v) is 4.26. The highest BCUT2D eigenvalue weighted by Crippen LogP contribution is 2.24. The molecule has 154 valence electrons. The average molecular weight is 390 g/mol. The van der Waals surface area contributed by atoms with Gasteiger partial charge in [0, 0.05) is 24.8 Å². The summed E-state index contributed by atoms with van der Waals surface area (Å²) in [5, 5.41) is 9.14. The van der Waals surface area contributed by atoms with E-state index in [0.29, 0.717) is 43.6 Å². The minimum atomic E-state index is -0.680. The number of hydrogen-bond acceptors (Lipinski definition) is 6. The van der Waals surface area contributed by atoms with Crippen LogP contribution < -0.4 is 5.73 Å². The normalized spacial score (nSPS) is 19.9. The number of carboxylic acid groups (broad SMARTS) is 1. The van der Waals surface area contributed by atoms with E-state index in [-0.39, 0.29) is 17.8 Å². The second-order valence-electron chi connectivity index (χ2n) is 8.37. The standard InChI is InChI=1S/C20H31N5O3/c1-13(2)11-15-12-17(23-20(21)22-15)18(26)25-9-5-16(6-10-25)24-7-3-14(4-8-24)19(27)28/h12-14,16H,3-11H2,1-2H3,(H,27,28)(H2,21,22,23). The van der Waals surface area contributed by atoms with Crippen molar-refractivity contribution >= 4 is 17.8 Å². The maximum Gasteiger partial charge on any atom is 0.306 e. The quantitative estimate of drug-likeness (QED) is 0.787. The average Bonchev–Trinajstić information content (AvgIpc) is 2.66. The maximum atomic E-state index is 12.9. The Labute approximate surface area is 166 Å². The zero-order valence-electron chi connectivity index (χ0n) is 16.8. The molecule has 1 aromatic heterocycles. The van der Waals surface area contributed by atoms with Crippen LogP contribution in [0.25, 0.3) is 0 Å². The number of piperidine rings is 2. The monoisotopic (exact) mass is 389 g/mol. The van der Waals surface area contributed by atoms with Crippen LogP contribution in [-0.4, -0.2) is 69.0 Å². The molecule has 0 aliphatic carbocycles. The molecule has 2 aliphatic heterocycles. The summed E-state index contributed by atoms with van der Waals surface area (Å²) >= 11 is 0. The number of amides is 1. The molecule has 0 unspecified atom stereocenters. The summed E-state index contributed by atoms with van der Waals surface area (Å²) in [4.78, 5) is 36.6. The lowest BCUT2D eigenvalue weighted by Gasteiger charge is -2.41. The molecule has 2 aliphatic rings. The number of carboxylic acids is 1. The van der Waals surface area contributed by atoms with Gasteiger partial charge in [-0.15, -0.1) is 0 Å². The minimum absolute atomic E-state index is 0.0814. The van der Waals surface area contributed by atoms with Crippen LogP contribution >= 0.6 is 0 Å². The third-order valence-corrected chi connectivity index (χ3v) is 5.78. The summed E-state index contributed by atoms with van der Waals surface area (Å²) in [6, 6.07) is 2.19.